The third-order valence-corrected chi connectivity index (χ3v) is 6.11. The predicted molar refractivity (Wildman–Crippen MR) is 137 cm³/mol. The molecule has 35 heavy (non-hydrogen) atoms. The van der Waals surface area contributed by atoms with Crippen LogP contribution in [0.1, 0.15) is 21.5 Å². The van der Waals surface area contributed by atoms with Gasteiger partial charge in [0, 0.05) is 33.9 Å². The monoisotopic (exact) mass is 574 g/mol. The molecular formula is C24H17BrCl2N4O4. The number of nitro groups is 1. The molecule has 0 unspecified atom stereocenters. The van der Waals surface area contributed by atoms with Gasteiger partial charge in [-0.05, 0) is 63.5 Å². The van der Waals surface area contributed by atoms with Crippen molar-refractivity contribution in [2.75, 3.05) is 5.32 Å². The first-order valence-corrected chi connectivity index (χ1v) is 11.8. The van der Waals surface area contributed by atoms with Gasteiger partial charge in [-0.1, -0.05) is 41.4 Å². The number of benzene rings is 3. The highest BCUT2D eigenvalue weighted by atomic mass is 79.9. The summed E-state index contributed by atoms with van der Waals surface area (Å²) in [5, 5.41) is 19.1. The largest absolute Gasteiger partial charge is 0.489 e. The van der Waals surface area contributed by atoms with Gasteiger partial charge in [0.1, 0.15) is 12.4 Å². The van der Waals surface area contributed by atoms with E-state index in [4.69, 9.17) is 27.9 Å². The molecular weight excluding hydrogens is 559 g/mol. The molecule has 0 radical (unpaired) electrons. The van der Waals surface area contributed by atoms with Crippen LogP contribution in [0.4, 0.5) is 11.5 Å². The summed E-state index contributed by atoms with van der Waals surface area (Å²) in [5.74, 6) is 0.519. The fourth-order valence-electron chi connectivity index (χ4n) is 3.20. The Morgan fingerprint density at radius 2 is 1.89 bits per heavy atom. The van der Waals surface area contributed by atoms with Crippen molar-refractivity contribution in [2.24, 2.45) is 0 Å². The summed E-state index contributed by atoms with van der Waals surface area (Å²) in [6.07, 6.45) is 1.75. The Labute approximate surface area is 218 Å². The topological polar surface area (TPSA) is 99.3 Å². The van der Waals surface area contributed by atoms with Crippen LogP contribution in [-0.4, -0.2) is 20.6 Å². The van der Waals surface area contributed by atoms with E-state index < -0.39 is 4.92 Å². The number of ether oxygens (including phenoxy) is 1. The van der Waals surface area contributed by atoms with Crippen molar-refractivity contribution >= 4 is 56.5 Å². The molecule has 1 amide bonds. The van der Waals surface area contributed by atoms with Crippen molar-refractivity contribution in [3.8, 4) is 5.75 Å². The lowest BCUT2D eigenvalue weighted by molar-refractivity contribution is -0.384. The molecule has 0 atom stereocenters. The zero-order chi connectivity index (χ0) is 24.9. The fraction of sp³-hybridized carbons (Fsp3) is 0.0833. The quantitative estimate of drug-likeness (QED) is 0.185. The molecule has 0 aliphatic rings. The van der Waals surface area contributed by atoms with E-state index >= 15 is 0 Å². The number of halogens is 3. The molecule has 4 aromatic rings. The van der Waals surface area contributed by atoms with Crippen LogP contribution in [0.15, 0.2) is 77.4 Å². The first kappa shape index (κ1) is 24.7. The second-order valence-corrected chi connectivity index (χ2v) is 9.15. The smallest absolute Gasteiger partial charge is 0.269 e. The Morgan fingerprint density at radius 3 is 2.60 bits per heavy atom. The Morgan fingerprint density at radius 1 is 1.11 bits per heavy atom. The summed E-state index contributed by atoms with van der Waals surface area (Å²) < 4.78 is 7.95. The summed E-state index contributed by atoms with van der Waals surface area (Å²) in [4.78, 5) is 23.1. The molecule has 1 aromatic heterocycles. The average molecular weight is 576 g/mol. The van der Waals surface area contributed by atoms with Gasteiger partial charge in [-0.3, -0.25) is 19.6 Å². The van der Waals surface area contributed by atoms with Gasteiger partial charge < -0.3 is 10.1 Å². The number of nitrogens with one attached hydrogen (secondary N) is 1. The average Bonchev–Trinajstić information content (AvgIpc) is 3.18. The van der Waals surface area contributed by atoms with Crippen LogP contribution >= 0.6 is 39.1 Å². The molecule has 0 bridgehead atoms. The number of hydrogen-bond acceptors (Lipinski definition) is 5. The van der Waals surface area contributed by atoms with Crippen LogP contribution in [0.5, 0.6) is 5.75 Å². The Balaban J connectivity index is 1.40. The molecule has 8 nitrogen and oxygen atoms in total. The molecule has 0 aliphatic carbocycles. The number of carbonyl (C=O) groups is 1. The van der Waals surface area contributed by atoms with Crippen molar-refractivity contribution < 1.29 is 14.5 Å². The van der Waals surface area contributed by atoms with Gasteiger partial charge in [0.2, 0.25) is 0 Å². The van der Waals surface area contributed by atoms with Crippen molar-refractivity contribution in [3.63, 3.8) is 0 Å². The number of rotatable bonds is 8. The molecule has 0 saturated carbocycles. The first-order chi connectivity index (χ1) is 16.8. The van der Waals surface area contributed by atoms with E-state index in [0.717, 1.165) is 11.1 Å². The van der Waals surface area contributed by atoms with Crippen molar-refractivity contribution in [1.82, 2.24) is 9.78 Å². The van der Waals surface area contributed by atoms with Gasteiger partial charge >= 0.3 is 0 Å². The minimum absolute atomic E-state index is 0.0131. The Hall–Kier alpha value is -3.40. The summed E-state index contributed by atoms with van der Waals surface area (Å²) in [6.45, 7) is 0.596. The second kappa shape index (κ2) is 10.9. The molecule has 1 heterocycles. The number of nitrogens with zero attached hydrogens (tertiary/aromatic N) is 3. The highest BCUT2D eigenvalue weighted by Gasteiger charge is 2.14. The summed E-state index contributed by atoms with van der Waals surface area (Å²) in [5.41, 5.74) is 2.01. The summed E-state index contributed by atoms with van der Waals surface area (Å²) in [6, 6.07) is 18.0. The number of hydrogen-bond donors (Lipinski definition) is 1. The number of nitro benzene ring substituents is 1. The zero-order valence-electron chi connectivity index (χ0n) is 18.0. The van der Waals surface area contributed by atoms with E-state index in [1.54, 1.807) is 41.2 Å². The van der Waals surface area contributed by atoms with Crippen molar-refractivity contribution in [1.29, 1.82) is 0 Å². The molecule has 0 spiro atoms. The minimum Gasteiger partial charge on any atom is -0.489 e. The third-order valence-electron chi connectivity index (χ3n) is 4.94. The van der Waals surface area contributed by atoms with E-state index in [1.807, 2.05) is 12.1 Å². The number of aromatic nitrogens is 2. The molecule has 178 valence electrons. The van der Waals surface area contributed by atoms with Gasteiger partial charge in [0.05, 0.1) is 15.9 Å². The van der Waals surface area contributed by atoms with Crippen LogP contribution < -0.4 is 10.1 Å². The van der Waals surface area contributed by atoms with E-state index in [2.05, 4.69) is 26.3 Å². The maximum Gasteiger partial charge on any atom is 0.269 e. The van der Waals surface area contributed by atoms with Crippen LogP contribution in [0.25, 0.3) is 0 Å². The van der Waals surface area contributed by atoms with E-state index in [0.29, 0.717) is 38.2 Å². The Bertz CT molecular complexity index is 1390. The molecule has 3 aromatic carbocycles. The lowest BCUT2D eigenvalue weighted by Crippen LogP contribution is -2.13. The zero-order valence-corrected chi connectivity index (χ0v) is 21.0. The number of carbonyl (C=O) groups excluding carboxylic acids is 1. The molecule has 0 fully saturated rings. The first-order valence-electron chi connectivity index (χ1n) is 10.2. The van der Waals surface area contributed by atoms with Gasteiger partial charge in [-0.15, -0.1) is 0 Å². The van der Waals surface area contributed by atoms with Gasteiger partial charge in [-0.25, -0.2) is 0 Å². The van der Waals surface area contributed by atoms with Crippen LogP contribution in [-0.2, 0) is 13.2 Å². The maximum absolute atomic E-state index is 12.8. The third kappa shape index (κ3) is 6.39. The molecule has 1 N–H and O–H groups in total. The van der Waals surface area contributed by atoms with Gasteiger partial charge in [0.15, 0.2) is 5.82 Å². The van der Waals surface area contributed by atoms with Crippen molar-refractivity contribution in [2.45, 2.75) is 13.2 Å². The molecule has 0 saturated heterocycles. The number of anilines is 1. The summed E-state index contributed by atoms with van der Waals surface area (Å²) in [7, 11) is 0. The highest BCUT2D eigenvalue weighted by molar-refractivity contribution is 9.10. The number of non-ortho nitro benzene ring substituents is 1. The van der Waals surface area contributed by atoms with E-state index in [9.17, 15) is 14.9 Å². The molecule has 11 heteroatoms. The lowest BCUT2D eigenvalue weighted by atomic mass is 10.1. The van der Waals surface area contributed by atoms with Crippen LogP contribution in [0.3, 0.4) is 0 Å². The van der Waals surface area contributed by atoms with Gasteiger partial charge in [0.25, 0.3) is 11.6 Å². The maximum atomic E-state index is 12.8. The SMILES string of the molecule is O=C(Nc1nn(Cc2ccc(Cl)cc2Cl)cc1Br)c1cccc(COc2ccc([N+](=O)[O-])cc2)c1. The molecule has 0 aliphatic heterocycles. The highest BCUT2D eigenvalue weighted by Crippen LogP contribution is 2.25. The van der Waals surface area contributed by atoms with Crippen LogP contribution in [0, 0.1) is 10.1 Å². The number of amides is 1. The van der Waals surface area contributed by atoms with Gasteiger partial charge in [-0.2, -0.15) is 5.10 Å². The minimum atomic E-state index is -0.472. The lowest BCUT2D eigenvalue weighted by Gasteiger charge is -2.08. The van der Waals surface area contributed by atoms with Crippen LogP contribution in [0.2, 0.25) is 10.0 Å². The Kier molecular flexibility index (Phi) is 7.70. The van der Waals surface area contributed by atoms with Crippen molar-refractivity contribution in [3.05, 3.63) is 114 Å². The van der Waals surface area contributed by atoms with E-state index in [-0.39, 0.29) is 18.2 Å². The fourth-order valence-corrected chi connectivity index (χ4v) is 4.08. The summed E-state index contributed by atoms with van der Waals surface area (Å²) >= 11 is 15.6. The standard InChI is InChI=1S/C24H17BrCl2N4O4/c25-21-13-30(12-17-4-5-18(26)11-22(17)27)29-23(21)28-24(32)16-3-1-2-15(10-16)14-35-20-8-6-19(7-9-20)31(33)34/h1-11,13H,12,14H2,(H,28,29,32). The normalized spacial score (nSPS) is 10.7. The molecule has 4 rings (SSSR count). The van der Waals surface area contributed by atoms with E-state index in [1.165, 1.54) is 24.3 Å². The second-order valence-electron chi connectivity index (χ2n) is 7.45. The predicted octanol–water partition coefficient (Wildman–Crippen LogP) is 6.74.